The standard InChI is InChI=1S/C8H14N6O/c9-3-7-1-2-13(4-7)8(15)5-14-6-10-11-12-14/h6-7H,1-5,9H2. The van der Waals surface area contributed by atoms with Crippen molar-refractivity contribution in [1.82, 2.24) is 25.1 Å². The number of carbonyl (C=O) groups is 1. The number of rotatable bonds is 3. The van der Waals surface area contributed by atoms with Crippen molar-refractivity contribution in [2.75, 3.05) is 19.6 Å². The summed E-state index contributed by atoms with van der Waals surface area (Å²) in [5.74, 6) is 0.501. The molecule has 1 aromatic rings. The van der Waals surface area contributed by atoms with E-state index in [-0.39, 0.29) is 12.5 Å². The molecule has 0 aliphatic carbocycles. The number of aromatic nitrogens is 4. The van der Waals surface area contributed by atoms with Gasteiger partial charge in [0.25, 0.3) is 0 Å². The van der Waals surface area contributed by atoms with Gasteiger partial charge >= 0.3 is 0 Å². The number of tetrazole rings is 1. The maximum Gasteiger partial charge on any atom is 0.244 e. The fraction of sp³-hybridized carbons (Fsp3) is 0.750. The number of likely N-dealkylation sites (tertiary alicyclic amines) is 1. The summed E-state index contributed by atoms with van der Waals surface area (Å²) in [5, 5.41) is 10.6. The van der Waals surface area contributed by atoms with Crippen LogP contribution < -0.4 is 5.73 Å². The van der Waals surface area contributed by atoms with Crippen molar-refractivity contribution in [2.24, 2.45) is 11.7 Å². The van der Waals surface area contributed by atoms with E-state index in [1.54, 1.807) is 0 Å². The maximum absolute atomic E-state index is 11.7. The summed E-state index contributed by atoms with van der Waals surface area (Å²) in [6.07, 6.45) is 2.44. The minimum atomic E-state index is 0.0539. The number of nitrogens with two attached hydrogens (primary N) is 1. The van der Waals surface area contributed by atoms with Crippen molar-refractivity contribution in [3.63, 3.8) is 0 Å². The highest BCUT2D eigenvalue weighted by atomic mass is 16.2. The quantitative estimate of drug-likeness (QED) is 0.654. The van der Waals surface area contributed by atoms with Crippen molar-refractivity contribution >= 4 is 5.91 Å². The fourth-order valence-corrected chi connectivity index (χ4v) is 1.74. The molecule has 0 bridgehead atoms. The minimum absolute atomic E-state index is 0.0539. The first-order valence-corrected chi connectivity index (χ1v) is 4.98. The van der Waals surface area contributed by atoms with Crippen molar-refractivity contribution in [3.05, 3.63) is 6.33 Å². The Morgan fingerprint density at radius 2 is 2.47 bits per heavy atom. The van der Waals surface area contributed by atoms with E-state index >= 15 is 0 Å². The van der Waals surface area contributed by atoms with Crippen LogP contribution in [-0.4, -0.2) is 50.6 Å². The first-order valence-electron chi connectivity index (χ1n) is 4.98. The fourth-order valence-electron chi connectivity index (χ4n) is 1.74. The van der Waals surface area contributed by atoms with E-state index in [9.17, 15) is 4.79 Å². The van der Waals surface area contributed by atoms with Crippen LogP contribution in [0.5, 0.6) is 0 Å². The Morgan fingerprint density at radius 1 is 1.60 bits per heavy atom. The Bertz CT molecular complexity index is 324. The largest absolute Gasteiger partial charge is 0.341 e. The highest BCUT2D eigenvalue weighted by Gasteiger charge is 2.25. The average Bonchev–Trinajstić information content (AvgIpc) is 2.86. The molecular weight excluding hydrogens is 196 g/mol. The van der Waals surface area contributed by atoms with Gasteiger partial charge < -0.3 is 10.6 Å². The summed E-state index contributed by atoms with van der Waals surface area (Å²) in [6.45, 7) is 2.42. The second-order valence-corrected chi connectivity index (χ2v) is 3.74. The molecule has 2 rings (SSSR count). The molecule has 82 valence electrons. The lowest BCUT2D eigenvalue weighted by Gasteiger charge is -2.15. The number of hydrogen-bond donors (Lipinski definition) is 1. The summed E-state index contributed by atoms with van der Waals surface area (Å²) in [7, 11) is 0. The topological polar surface area (TPSA) is 89.9 Å². The lowest BCUT2D eigenvalue weighted by Crippen LogP contribution is -2.32. The summed E-state index contributed by atoms with van der Waals surface area (Å²) < 4.78 is 1.43. The number of carbonyl (C=O) groups excluding carboxylic acids is 1. The van der Waals surface area contributed by atoms with Gasteiger partial charge in [-0.1, -0.05) is 0 Å². The van der Waals surface area contributed by atoms with Gasteiger partial charge in [0.1, 0.15) is 12.9 Å². The molecule has 2 N–H and O–H groups in total. The van der Waals surface area contributed by atoms with Crippen LogP contribution in [0.25, 0.3) is 0 Å². The van der Waals surface area contributed by atoms with Crippen LogP contribution in [0.1, 0.15) is 6.42 Å². The zero-order valence-electron chi connectivity index (χ0n) is 8.41. The lowest BCUT2D eigenvalue weighted by atomic mass is 10.1. The van der Waals surface area contributed by atoms with Gasteiger partial charge in [-0.2, -0.15) is 0 Å². The van der Waals surface area contributed by atoms with Crippen LogP contribution in [0.15, 0.2) is 6.33 Å². The van der Waals surface area contributed by atoms with E-state index in [0.29, 0.717) is 12.5 Å². The SMILES string of the molecule is NCC1CCN(C(=O)Cn2cnnn2)C1. The molecule has 0 radical (unpaired) electrons. The Balaban J connectivity index is 1.87. The Kier molecular flexibility index (Phi) is 2.91. The predicted molar refractivity (Wildman–Crippen MR) is 51.6 cm³/mol. The van der Waals surface area contributed by atoms with E-state index in [1.165, 1.54) is 11.0 Å². The molecule has 0 spiro atoms. The molecule has 15 heavy (non-hydrogen) atoms. The molecule has 1 aliphatic heterocycles. The molecule has 2 heterocycles. The molecule has 1 amide bonds. The summed E-state index contributed by atoms with van der Waals surface area (Å²) in [5.41, 5.74) is 5.56. The Morgan fingerprint density at radius 3 is 3.07 bits per heavy atom. The van der Waals surface area contributed by atoms with Gasteiger partial charge in [0.2, 0.25) is 5.91 Å². The third-order valence-electron chi connectivity index (χ3n) is 2.66. The second-order valence-electron chi connectivity index (χ2n) is 3.74. The van der Waals surface area contributed by atoms with E-state index in [1.807, 2.05) is 4.90 Å². The number of amides is 1. The summed E-state index contributed by atoms with van der Waals surface area (Å²) >= 11 is 0. The van der Waals surface area contributed by atoms with Crippen LogP contribution in [0.4, 0.5) is 0 Å². The molecule has 0 saturated carbocycles. The van der Waals surface area contributed by atoms with Crippen molar-refractivity contribution in [2.45, 2.75) is 13.0 Å². The second kappa shape index (κ2) is 4.35. The maximum atomic E-state index is 11.7. The third-order valence-corrected chi connectivity index (χ3v) is 2.66. The highest BCUT2D eigenvalue weighted by Crippen LogP contribution is 2.14. The summed E-state index contributed by atoms with van der Waals surface area (Å²) in [6, 6.07) is 0. The van der Waals surface area contributed by atoms with Crippen LogP contribution >= 0.6 is 0 Å². The van der Waals surface area contributed by atoms with Crippen molar-refractivity contribution in [3.8, 4) is 0 Å². The van der Waals surface area contributed by atoms with Crippen LogP contribution in [-0.2, 0) is 11.3 Å². The average molecular weight is 210 g/mol. The van der Waals surface area contributed by atoms with Gasteiger partial charge in [0, 0.05) is 13.1 Å². The molecule has 7 heteroatoms. The molecule has 1 unspecified atom stereocenters. The Hall–Kier alpha value is -1.50. The zero-order valence-corrected chi connectivity index (χ0v) is 8.41. The third kappa shape index (κ3) is 2.30. The monoisotopic (exact) mass is 210 g/mol. The molecule has 1 aromatic heterocycles. The van der Waals surface area contributed by atoms with Crippen LogP contribution in [0.2, 0.25) is 0 Å². The molecule has 1 fully saturated rings. The van der Waals surface area contributed by atoms with Crippen molar-refractivity contribution in [1.29, 1.82) is 0 Å². The predicted octanol–water partition coefficient (Wildman–Crippen LogP) is -1.52. The van der Waals surface area contributed by atoms with Gasteiger partial charge in [-0.05, 0) is 29.3 Å². The minimum Gasteiger partial charge on any atom is -0.341 e. The molecule has 7 nitrogen and oxygen atoms in total. The van der Waals surface area contributed by atoms with Gasteiger partial charge in [-0.3, -0.25) is 4.79 Å². The van der Waals surface area contributed by atoms with E-state index in [4.69, 9.17) is 5.73 Å². The van der Waals surface area contributed by atoms with Crippen LogP contribution in [0, 0.1) is 5.92 Å². The molecule has 0 aromatic carbocycles. The van der Waals surface area contributed by atoms with Gasteiger partial charge in [0.05, 0.1) is 0 Å². The normalized spacial score (nSPS) is 20.9. The lowest BCUT2D eigenvalue weighted by molar-refractivity contribution is -0.131. The van der Waals surface area contributed by atoms with Gasteiger partial charge in [0.15, 0.2) is 0 Å². The van der Waals surface area contributed by atoms with E-state index in [0.717, 1.165) is 19.5 Å². The molecule has 1 atom stereocenters. The van der Waals surface area contributed by atoms with Crippen molar-refractivity contribution < 1.29 is 4.79 Å². The molecule has 1 saturated heterocycles. The molecule has 1 aliphatic rings. The summed E-state index contributed by atoms with van der Waals surface area (Å²) in [4.78, 5) is 13.6. The first-order chi connectivity index (χ1) is 7.29. The molecular formula is C8H14N6O. The zero-order chi connectivity index (χ0) is 10.7. The van der Waals surface area contributed by atoms with Gasteiger partial charge in [-0.25, -0.2) is 4.68 Å². The highest BCUT2D eigenvalue weighted by molar-refractivity contribution is 5.76. The van der Waals surface area contributed by atoms with Crippen LogP contribution in [0.3, 0.4) is 0 Å². The smallest absolute Gasteiger partial charge is 0.244 e. The van der Waals surface area contributed by atoms with E-state index in [2.05, 4.69) is 15.5 Å². The number of hydrogen-bond acceptors (Lipinski definition) is 5. The van der Waals surface area contributed by atoms with E-state index < -0.39 is 0 Å². The first kappa shape index (κ1) is 10.0. The Labute approximate surface area is 87.2 Å². The number of nitrogens with zero attached hydrogens (tertiary/aromatic N) is 5. The van der Waals surface area contributed by atoms with Gasteiger partial charge in [-0.15, -0.1) is 5.10 Å².